The van der Waals surface area contributed by atoms with Crippen LogP contribution in [0.3, 0.4) is 0 Å². The highest BCUT2D eigenvalue weighted by Gasteiger charge is 2.68. The van der Waals surface area contributed by atoms with Gasteiger partial charge in [-0.25, -0.2) is 0 Å². The molecule has 4 aliphatic rings. The molecule has 0 radical (unpaired) electrons. The van der Waals surface area contributed by atoms with Crippen molar-refractivity contribution in [1.82, 2.24) is 0 Å². The summed E-state index contributed by atoms with van der Waals surface area (Å²) in [6.45, 7) is 5.48. The van der Waals surface area contributed by atoms with E-state index in [2.05, 4.69) is 13.8 Å². The van der Waals surface area contributed by atoms with E-state index in [1.807, 2.05) is 13.0 Å². The van der Waals surface area contributed by atoms with Crippen LogP contribution in [0.25, 0.3) is 0 Å². The summed E-state index contributed by atoms with van der Waals surface area (Å²) in [6, 6.07) is 0. The summed E-state index contributed by atoms with van der Waals surface area (Å²) in [6.07, 6.45) is 6.87. The van der Waals surface area contributed by atoms with Crippen LogP contribution in [0.2, 0.25) is 0 Å². The molecular formula is C22H32O9S. The molecule has 0 aromatic heterocycles. The summed E-state index contributed by atoms with van der Waals surface area (Å²) in [4.78, 5) is 24.4. The molecule has 180 valence electrons. The zero-order chi connectivity index (χ0) is 24.3. The van der Waals surface area contributed by atoms with Gasteiger partial charge in [0.25, 0.3) is 0 Å². The van der Waals surface area contributed by atoms with Crippen molar-refractivity contribution in [3.63, 3.8) is 0 Å². The van der Waals surface area contributed by atoms with E-state index < -0.39 is 39.9 Å². The zero-order valence-corrected chi connectivity index (χ0v) is 19.2. The lowest BCUT2D eigenvalue weighted by Crippen LogP contribution is -2.62. The number of ketones is 2. The Morgan fingerprint density at radius 1 is 1.25 bits per heavy atom. The van der Waals surface area contributed by atoms with Crippen molar-refractivity contribution in [2.75, 3.05) is 6.61 Å². The fourth-order valence-corrected chi connectivity index (χ4v) is 7.34. The second kappa shape index (κ2) is 8.11. The van der Waals surface area contributed by atoms with E-state index in [4.69, 9.17) is 17.5 Å². The highest BCUT2D eigenvalue weighted by Crippen LogP contribution is 2.67. The third kappa shape index (κ3) is 3.91. The van der Waals surface area contributed by atoms with Gasteiger partial charge >= 0.3 is 10.4 Å². The third-order valence-corrected chi connectivity index (χ3v) is 8.57. The smallest absolute Gasteiger partial charge is 0.393 e. The molecule has 10 heteroatoms. The number of fused-ring (bicyclic) bond motifs is 5. The van der Waals surface area contributed by atoms with Crippen molar-refractivity contribution in [1.29, 1.82) is 0 Å². The van der Waals surface area contributed by atoms with Gasteiger partial charge in [-0.1, -0.05) is 32.4 Å². The summed E-state index contributed by atoms with van der Waals surface area (Å²) in [5, 5.41) is 31.9. The van der Waals surface area contributed by atoms with Crippen molar-refractivity contribution >= 4 is 22.0 Å². The minimum Gasteiger partial charge on any atom is -0.393 e. The minimum atomic E-state index is -4.67. The topological polar surface area (TPSA) is 169 Å². The number of allylic oxidation sites excluding steroid dienone is 4. The molecule has 5 N–H and O–H groups in total. The Morgan fingerprint density at radius 3 is 2.41 bits per heavy atom. The highest BCUT2D eigenvalue weighted by molar-refractivity contribution is 7.79. The molecule has 0 heterocycles. The van der Waals surface area contributed by atoms with Gasteiger partial charge < -0.3 is 15.3 Å². The van der Waals surface area contributed by atoms with Gasteiger partial charge in [0.15, 0.2) is 11.6 Å². The first-order valence-corrected chi connectivity index (χ1v) is 12.2. The number of Topliss-reactive ketones (excluding diaryl/α,β-unsaturated/α-hetero) is 1. The minimum absolute atomic E-state index is 0.00620. The molecule has 0 spiro atoms. The Labute approximate surface area is 187 Å². The lowest BCUT2D eigenvalue weighted by molar-refractivity contribution is -0.180. The van der Waals surface area contributed by atoms with Gasteiger partial charge in [-0.3, -0.25) is 18.7 Å². The maximum atomic E-state index is 12.4. The normalized spacial score (nSPS) is 45.1. The van der Waals surface area contributed by atoms with Crippen LogP contribution in [0, 0.1) is 34.5 Å². The fourth-order valence-electron chi connectivity index (χ4n) is 7.34. The van der Waals surface area contributed by atoms with E-state index >= 15 is 0 Å². The number of hydrogen-bond donors (Lipinski definition) is 5. The molecule has 32 heavy (non-hydrogen) atoms. The third-order valence-electron chi connectivity index (χ3n) is 8.57. The summed E-state index contributed by atoms with van der Waals surface area (Å²) in [7, 11) is -4.67. The number of carbonyl (C=O) groups excluding carboxylic acids is 2. The molecule has 0 aromatic rings. The first kappa shape index (κ1) is 25.2. The van der Waals surface area contributed by atoms with Gasteiger partial charge in [-0.2, -0.15) is 8.42 Å². The van der Waals surface area contributed by atoms with E-state index in [9.17, 15) is 24.9 Å². The molecule has 4 aliphatic carbocycles. The van der Waals surface area contributed by atoms with Crippen molar-refractivity contribution in [2.24, 2.45) is 34.5 Å². The number of rotatable bonds is 2. The number of hydrogen-bond acceptors (Lipinski definition) is 7. The first-order chi connectivity index (χ1) is 14.6. The molecule has 0 aliphatic heterocycles. The van der Waals surface area contributed by atoms with Crippen LogP contribution in [-0.4, -0.2) is 62.7 Å². The first-order valence-electron chi connectivity index (χ1n) is 10.8. The van der Waals surface area contributed by atoms with Crippen molar-refractivity contribution in [2.45, 2.75) is 58.2 Å². The van der Waals surface area contributed by atoms with Crippen LogP contribution in [-0.2, 0) is 20.0 Å². The van der Waals surface area contributed by atoms with Crippen LogP contribution < -0.4 is 0 Å². The van der Waals surface area contributed by atoms with Crippen LogP contribution in [0.1, 0.15) is 46.5 Å². The van der Waals surface area contributed by atoms with E-state index in [1.54, 1.807) is 12.2 Å². The maximum absolute atomic E-state index is 12.4. The van der Waals surface area contributed by atoms with Crippen molar-refractivity contribution in [3.8, 4) is 0 Å². The molecule has 4 rings (SSSR count). The Hall–Kier alpha value is -1.43. The second-order valence-electron chi connectivity index (χ2n) is 10.2. The van der Waals surface area contributed by atoms with Gasteiger partial charge in [-0.15, -0.1) is 0 Å². The van der Waals surface area contributed by atoms with Crippen LogP contribution in [0.4, 0.5) is 0 Å². The van der Waals surface area contributed by atoms with Gasteiger partial charge in [0, 0.05) is 16.7 Å². The SMILES string of the molecule is C[C@H]1C[C@@H]2[C@H]([C@@H](O)C[C@@]3(C)[C@H]2CC[C@]3(O)C(=O)CO)[C@@]2(C)C=CC(=O)C=C12.O=S(=O)(O)O. The van der Waals surface area contributed by atoms with Gasteiger partial charge in [0.1, 0.15) is 12.2 Å². The Bertz CT molecular complexity index is 962. The van der Waals surface area contributed by atoms with Crippen molar-refractivity contribution < 1.29 is 42.4 Å². The summed E-state index contributed by atoms with van der Waals surface area (Å²) < 4.78 is 31.6. The molecule has 3 saturated carbocycles. The molecule has 0 aromatic carbocycles. The van der Waals surface area contributed by atoms with Gasteiger partial charge in [0.05, 0.1) is 6.10 Å². The number of carbonyl (C=O) groups is 2. The zero-order valence-electron chi connectivity index (χ0n) is 18.4. The highest BCUT2D eigenvalue weighted by atomic mass is 32.3. The lowest BCUT2D eigenvalue weighted by atomic mass is 9.45. The Balaban J connectivity index is 0.000000523. The molecule has 0 unspecified atom stereocenters. The molecular weight excluding hydrogens is 440 g/mol. The van der Waals surface area contributed by atoms with E-state index in [0.717, 1.165) is 18.4 Å². The summed E-state index contributed by atoms with van der Waals surface area (Å²) >= 11 is 0. The van der Waals surface area contributed by atoms with Crippen molar-refractivity contribution in [3.05, 3.63) is 23.8 Å². The molecule has 8 atom stereocenters. The average molecular weight is 473 g/mol. The quantitative estimate of drug-likeness (QED) is 0.370. The summed E-state index contributed by atoms with van der Waals surface area (Å²) in [5.74, 6) is -0.0768. The largest absolute Gasteiger partial charge is 0.394 e. The molecule has 0 amide bonds. The maximum Gasteiger partial charge on any atom is 0.394 e. The van der Waals surface area contributed by atoms with Crippen LogP contribution >= 0.6 is 0 Å². The number of aliphatic hydroxyl groups excluding tert-OH is 2. The van der Waals surface area contributed by atoms with Crippen LogP contribution in [0.15, 0.2) is 23.8 Å². The van der Waals surface area contributed by atoms with E-state index in [1.165, 1.54) is 0 Å². The Morgan fingerprint density at radius 2 is 1.84 bits per heavy atom. The molecule has 3 fully saturated rings. The monoisotopic (exact) mass is 472 g/mol. The van der Waals surface area contributed by atoms with E-state index in [-0.39, 0.29) is 34.9 Å². The van der Waals surface area contributed by atoms with Gasteiger partial charge in [0.2, 0.25) is 0 Å². The number of aliphatic hydroxyl groups is 3. The molecule has 9 nitrogen and oxygen atoms in total. The van der Waals surface area contributed by atoms with E-state index in [0.29, 0.717) is 12.8 Å². The average Bonchev–Trinajstić information content (AvgIpc) is 2.93. The fraction of sp³-hybridized carbons (Fsp3) is 0.727. The standard InChI is InChI=1S/C22H30O5.H2O4S/c1-12-8-14-15-5-7-22(27,18(26)11-23)21(15,3)10-17(25)19(14)20(2)6-4-13(24)9-16(12)20;1-5(2,3)4/h4,6,9,12,14-15,17,19,23,25,27H,5,7-8,10-11H2,1-3H3;(H2,1,2,3,4)/t12-,14-,15-,17-,19+,20-,21-,22-;/m0./s1. The molecule has 0 saturated heterocycles. The predicted molar refractivity (Wildman–Crippen MR) is 114 cm³/mol. The summed E-state index contributed by atoms with van der Waals surface area (Å²) in [5.41, 5.74) is -1.59. The Kier molecular flexibility index (Phi) is 6.38. The second-order valence-corrected chi connectivity index (χ2v) is 11.1. The molecule has 0 bridgehead atoms. The van der Waals surface area contributed by atoms with Crippen LogP contribution in [0.5, 0.6) is 0 Å². The van der Waals surface area contributed by atoms with Gasteiger partial charge in [-0.05, 0) is 55.6 Å². The lowest BCUT2D eigenvalue weighted by Gasteiger charge is -2.60. The predicted octanol–water partition coefficient (Wildman–Crippen LogP) is 1.15.